The summed E-state index contributed by atoms with van der Waals surface area (Å²) in [5.41, 5.74) is 0.918. The fourth-order valence-electron chi connectivity index (χ4n) is 1.01. The van der Waals surface area contributed by atoms with Gasteiger partial charge in [0.15, 0.2) is 0 Å². The SMILES string of the molecule is [CH2]C(OC(=O)C(C)C)c1ccccc1. The van der Waals surface area contributed by atoms with Crippen molar-refractivity contribution in [3.05, 3.63) is 42.8 Å². The third kappa shape index (κ3) is 2.87. The minimum atomic E-state index is -0.411. The van der Waals surface area contributed by atoms with Crippen LogP contribution in [0.5, 0.6) is 0 Å². The largest absolute Gasteiger partial charge is 0.457 e. The Bertz CT molecular complexity index is 290. The molecule has 1 unspecified atom stereocenters. The molecule has 0 aliphatic heterocycles. The van der Waals surface area contributed by atoms with Crippen molar-refractivity contribution in [3.63, 3.8) is 0 Å². The summed E-state index contributed by atoms with van der Waals surface area (Å²) >= 11 is 0. The molecule has 0 bridgehead atoms. The van der Waals surface area contributed by atoms with Crippen LogP contribution in [0.3, 0.4) is 0 Å². The molecule has 1 radical (unpaired) electrons. The fourth-order valence-corrected chi connectivity index (χ4v) is 1.01. The number of hydrogen-bond acceptors (Lipinski definition) is 2. The van der Waals surface area contributed by atoms with Crippen molar-refractivity contribution < 1.29 is 9.53 Å². The Morgan fingerprint density at radius 3 is 2.36 bits per heavy atom. The summed E-state index contributed by atoms with van der Waals surface area (Å²) < 4.78 is 5.15. The average Bonchev–Trinajstić information content (AvgIpc) is 2.19. The Morgan fingerprint density at radius 2 is 1.86 bits per heavy atom. The highest BCUT2D eigenvalue weighted by atomic mass is 16.5. The number of carbonyl (C=O) groups excluding carboxylic acids is 1. The van der Waals surface area contributed by atoms with Gasteiger partial charge < -0.3 is 4.74 Å². The normalized spacial score (nSPS) is 12.6. The Morgan fingerprint density at radius 1 is 1.29 bits per heavy atom. The summed E-state index contributed by atoms with van der Waals surface area (Å²) in [7, 11) is 0. The van der Waals surface area contributed by atoms with Gasteiger partial charge in [-0.15, -0.1) is 0 Å². The van der Waals surface area contributed by atoms with E-state index in [0.29, 0.717) is 0 Å². The summed E-state index contributed by atoms with van der Waals surface area (Å²) in [6.45, 7) is 7.40. The van der Waals surface area contributed by atoms with Gasteiger partial charge in [0.05, 0.1) is 5.92 Å². The van der Waals surface area contributed by atoms with Crippen LogP contribution in [-0.4, -0.2) is 5.97 Å². The van der Waals surface area contributed by atoms with E-state index < -0.39 is 6.10 Å². The summed E-state index contributed by atoms with van der Waals surface area (Å²) in [4.78, 5) is 11.3. The van der Waals surface area contributed by atoms with E-state index in [1.807, 2.05) is 30.3 Å². The molecule has 0 fully saturated rings. The van der Waals surface area contributed by atoms with Gasteiger partial charge in [-0.1, -0.05) is 44.2 Å². The van der Waals surface area contributed by atoms with Gasteiger partial charge in [-0.2, -0.15) is 0 Å². The molecule has 75 valence electrons. The molecule has 1 atom stereocenters. The molecule has 1 aromatic carbocycles. The first-order valence-corrected chi connectivity index (χ1v) is 4.69. The second-order valence-electron chi connectivity index (χ2n) is 3.49. The van der Waals surface area contributed by atoms with Gasteiger partial charge in [0.25, 0.3) is 0 Å². The maximum absolute atomic E-state index is 11.3. The Kier molecular flexibility index (Phi) is 3.69. The first-order valence-electron chi connectivity index (χ1n) is 4.69. The van der Waals surface area contributed by atoms with E-state index in [0.717, 1.165) is 5.56 Å². The maximum atomic E-state index is 11.3. The van der Waals surface area contributed by atoms with Crippen molar-refractivity contribution in [1.29, 1.82) is 0 Å². The monoisotopic (exact) mass is 191 g/mol. The Hall–Kier alpha value is -1.31. The van der Waals surface area contributed by atoms with Gasteiger partial charge in [-0.3, -0.25) is 4.79 Å². The molecular weight excluding hydrogens is 176 g/mol. The van der Waals surface area contributed by atoms with Crippen LogP contribution in [-0.2, 0) is 9.53 Å². The van der Waals surface area contributed by atoms with Crippen LogP contribution in [0.1, 0.15) is 25.5 Å². The molecule has 0 saturated carbocycles. The molecule has 0 spiro atoms. The van der Waals surface area contributed by atoms with Crippen molar-refractivity contribution in [2.75, 3.05) is 0 Å². The van der Waals surface area contributed by atoms with Gasteiger partial charge in [0, 0.05) is 0 Å². The van der Waals surface area contributed by atoms with Crippen LogP contribution in [0.4, 0.5) is 0 Å². The smallest absolute Gasteiger partial charge is 0.308 e. The van der Waals surface area contributed by atoms with E-state index in [2.05, 4.69) is 6.92 Å². The highest BCUT2D eigenvalue weighted by Crippen LogP contribution is 2.16. The van der Waals surface area contributed by atoms with Crippen molar-refractivity contribution >= 4 is 5.97 Å². The molecular formula is C12H15O2. The standard InChI is InChI=1S/C12H15O2/c1-9(2)12(13)14-10(3)11-7-5-4-6-8-11/h4-10H,3H2,1-2H3. The van der Waals surface area contributed by atoms with E-state index in [9.17, 15) is 4.79 Å². The number of benzene rings is 1. The molecule has 0 aliphatic rings. The summed E-state index contributed by atoms with van der Waals surface area (Å²) in [5, 5.41) is 0. The molecule has 0 amide bonds. The zero-order valence-electron chi connectivity index (χ0n) is 8.57. The van der Waals surface area contributed by atoms with E-state index in [1.54, 1.807) is 13.8 Å². The lowest BCUT2D eigenvalue weighted by Crippen LogP contribution is -2.14. The molecule has 2 nitrogen and oxygen atoms in total. The lowest BCUT2D eigenvalue weighted by Gasteiger charge is -2.14. The van der Waals surface area contributed by atoms with Gasteiger partial charge in [0.1, 0.15) is 6.10 Å². The first kappa shape index (κ1) is 10.8. The molecule has 0 aromatic heterocycles. The summed E-state index contributed by atoms with van der Waals surface area (Å²) in [6.07, 6.45) is -0.411. The van der Waals surface area contributed by atoms with Gasteiger partial charge >= 0.3 is 5.97 Å². The molecule has 1 rings (SSSR count). The highest BCUT2D eigenvalue weighted by molar-refractivity contribution is 5.71. The number of hydrogen-bond donors (Lipinski definition) is 0. The number of esters is 1. The van der Waals surface area contributed by atoms with Crippen LogP contribution in [0.2, 0.25) is 0 Å². The van der Waals surface area contributed by atoms with Gasteiger partial charge in [0.2, 0.25) is 0 Å². The predicted molar refractivity (Wildman–Crippen MR) is 55.5 cm³/mol. The Labute approximate surface area is 84.9 Å². The predicted octanol–water partition coefficient (Wildman–Crippen LogP) is 2.76. The minimum Gasteiger partial charge on any atom is -0.457 e. The zero-order chi connectivity index (χ0) is 10.6. The molecule has 0 saturated heterocycles. The number of rotatable bonds is 3. The van der Waals surface area contributed by atoms with Crippen molar-refractivity contribution in [1.82, 2.24) is 0 Å². The Balaban J connectivity index is 2.59. The topological polar surface area (TPSA) is 26.3 Å². The van der Waals surface area contributed by atoms with Crippen LogP contribution in [0.25, 0.3) is 0 Å². The second kappa shape index (κ2) is 4.80. The minimum absolute atomic E-state index is 0.108. The van der Waals surface area contributed by atoms with Gasteiger partial charge in [-0.25, -0.2) is 0 Å². The van der Waals surface area contributed by atoms with Crippen LogP contribution in [0, 0.1) is 12.8 Å². The third-order valence-electron chi connectivity index (χ3n) is 1.90. The van der Waals surface area contributed by atoms with E-state index in [-0.39, 0.29) is 11.9 Å². The quantitative estimate of drug-likeness (QED) is 0.687. The summed E-state index contributed by atoms with van der Waals surface area (Å²) in [6, 6.07) is 9.50. The zero-order valence-corrected chi connectivity index (χ0v) is 8.57. The maximum Gasteiger partial charge on any atom is 0.308 e. The van der Waals surface area contributed by atoms with E-state index in [1.165, 1.54) is 0 Å². The summed E-state index contributed by atoms with van der Waals surface area (Å²) in [5.74, 6) is -0.322. The molecule has 1 aromatic rings. The van der Waals surface area contributed by atoms with E-state index in [4.69, 9.17) is 4.74 Å². The number of carbonyl (C=O) groups is 1. The van der Waals surface area contributed by atoms with Crippen molar-refractivity contribution in [2.45, 2.75) is 20.0 Å². The fraction of sp³-hybridized carbons (Fsp3) is 0.333. The third-order valence-corrected chi connectivity index (χ3v) is 1.90. The average molecular weight is 191 g/mol. The molecule has 0 aliphatic carbocycles. The van der Waals surface area contributed by atoms with Gasteiger partial charge in [-0.05, 0) is 12.5 Å². The molecule has 0 heterocycles. The molecule has 2 heteroatoms. The lowest BCUT2D eigenvalue weighted by atomic mass is 10.1. The molecule has 0 N–H and O–H groups in total. The van der Waals surface area contributed by atoms with E-state index >= 15 is 0 Å². The van der Waals surface area contributed by atoms with Crippen LogP contribution in [0.15, 0.2) is 30.3 Å². The lowest BCUT2D eigenvalue weighted by molar-refractivity contribution is -0.151. The van der Waals surface area contributed by atoms with Crippen molar-refractivity contribution in [2.24, 2.45) is 5.92 Å². The second-order valence-corrected chi connectivity index (χ2v) is 3.49. The van der Waals surface area contributed by atoms with Crippen molar-refractivity contribution in [3.8, 4) is 0 Å². The first-order chi connectivity index (χ1) is 6.61. The van der Waals surface area contributed by atoms with Crippen LogP contribution >= 0.6 is 0 Å². The highest BCUT2D eigenvalue weighted by Gasteiger charge is 2.13. The molecule has 14 heavy (non-hydrogen) atoms. The van der Waals surface area contributed by atoms with Crippen LogP contribution < -0.4 is 0 Å². The number of ether oxygens (including phenoxy) is 1.